The van der Waals surface area contributed by atoms with Crippen molar-refractivity contribution in [1.29, 1.82) is 0 Å². The molecule has 30 heavy (non-hydrogen) atoms. The van der Waals surface area contributed by atoms with Crippen LogP contribution >= 0.6 is 47.0 Å². The van der Waals surface area contributed by atoms with Crippen LogP contribution in [0.15, 0.2) is 30.3 Å². The highest BCUT2D eigenvalue weighted by Gasteiger charge is 2.34. The molecule has 8 heteroatoms. The van der Waals surface area contributed by atoms with Gasteiger partial charge in [0.05, 0.1) is 0 Å². The molecule has 0 fully saturated rings. The highest BCUT2D eigenvalue weighted by atomic mass is 35.6. The zero-order valence-corrected chi connectivity index (χ0v) is 21.5. The number of hydrogen-bond donors (Lipinski definition) is 3. The van der Waals surface area contributed by atoms with E-state index in [0.717, 1.165) is 37.7 Å². The van der Waals surface area contributed by atoms with E-state index in [9.17, 15) is 4.79 Å². The maximum atomic E-state index is 12.3. The summed E-state index contributed by atoms with van der Waals surface area (Å²) in [6, 6.07) is 10.0. The van der Waals surface area contributed by atoms with Crippen molar-refractivity contribution in [3.63, 3.8) is 0 Å². The zero-order chi connectivity index (χ0) is 23.0. The number of alkyl halides is 3. The molecule has 0 aliphatic rings. The Kier molecular flexibility index (Phi) is 16.5. The lowest BCUT2D eigenvalue weighted by Gasteiger charge is -2.29. The molecule has 1 rings (SSSR count). The Bertz CT molecular complexity index is 597. The molecular weight excluding hydrogens is 461 g/mol. The standard InChI is InChI=1S/C20H30Cl3N3OS.C2H6/c1-3-5-12-16(9-4-2)24-19(28)26-18(20(21,22)23)25-17(27)14-13-15-10-7-6-8-11-15;1-2/h6-8,10-11,16,18H,3-5,9,12-14H2,1-2H3,(H,25,27)(H2,24,26,28);1-2H3. The quantitative estimate of drug-likeness (QED) is 0.192. The van der Waals surface area contributed by atoms with Gasteiger partial charge in [0.1, 0.15) is 6.17 Å². The largest absolute Gasteiger partial charge is 0.360 e. The van der Waals surface area contributed by atoms with Gasteiger partial charge in [0.25, 0.3) is 0 Å². The molecule has 2 unspecified atom stereocenters. The molecule has 0 bridgehead atoms. The Morgan fingerprint density at radius 2 is 1.63 bits per heavy atom. The second-order valence-electron chi connectivity index (χ2n) is 6.77. The first-order valence-corrected chi connectivity index (χ1v) is 12.3. The third-order valence-corrected chi connectivity index (χ3v) is 5.16. The fourth-order valence-electron chi connectivity index (χ4n) is 2.78. The SMILES string of the molecule is CC.CCCCC(CCC)NC(=S)NC(NC(=O)CCc1ccccc1)C(Cl)(Cl)Cl. The summed E-state index contributed by atoms with van der Waals surface area (Å²) in [5.41, 5.74) is 1.08. The van der Waals surface area contributed by atoms with Gasteiger partial charge in [-0.3, -0.25) is 4.79 Å². The number of rotatable bonds is 11. The average molecular weight is 497 g/mol. The number of carbonyl (C=O) groups is 1. The topological polar surface area (TPSA) is 53.2 Å². The highest BCUT2D eigenvalue weighted by molar-refractivity contribution is 7.80. The molecule has 0 spiro atoms. The highest BCUT2D eigenvalue weighted by Crippen LogP contribution is 2.29. The summed E-state index contributed by atoms with van der Waals surface area (Å²) in [5, 5.41) is 9.33. The Morgan fingerprint density at radius 3 is 2.17 bits per heavy atom. The summed E-state index contributed by atoms with van der Waals surface area (Å²) in [5.74, 6) is -0.216. The molecule has 2 atom stereocenters. The maximum Gasteiger partial charge on any atom is 0.228 e. The lowest BCUT2D eigenvalue weighted by molar-refractivity contribution is -0.121. The van der Waals surface area contributed by atoms with Crippen LogP contribution in [-0.4, -0.2) is 27.0 Å². The van der Waals surface area contributed by atoms with Gasteiger partial charge in [0.2, 0.25) is 9.70 Å². The van der Waals surface area contributed by atoms with Crippen molar-refractivity contribution in [1.82, 2.24) is 16.0 Å². The molecule has 172 valence electrons. The monoisotopic (exact) mass is 495 g/mol. The second kappa shape index (κ2) is 16.9. The number of carbonyl (C=O) groups excluding carboxylic acids is 1. The summed E-state index contributed by atoms with van der Waals surface area (Å²) in [6.07, 6.45) is 5.29. The van der Waals surface area contributed by atoms with E-state index in [0.29, 0.717) is 11.5 Å². The van der Waals surface area contributed by atoms with Gasteiger partial charge in [-0.25, -0.2) is 0 Å². The molecule has 0 aromatic heterocycles. The van der Waals surface area contributed by atoms with E-state index >= 15 is 0 Å². The van der Waals surface area contributed by atoms with Gasteiger partial charge in [0.15, 0.2) is 5.11 Å². The van der Waals surface area contributed by atoms with E-state index < -0.39 is 9.96 Å². The minimum atomic E-state index is -1.74. The Balaban J connectivity index is 0.00000407. The van der Waals surface area contributed by atoms with E-state index in [1.165, 1.54) is 0 Å². The Hall–Kier alpha value is -0.750. The number of benzene rings is 1. The van der Waals surface area contributed by atoms with Crippen LogP contribution in [0, 0.1) is 0 Å². The summed E-state index contributed by atoms with van der Waals surface area (Å²) in [7, 11) is 0. The third kappa shape index (κ3) is 13.5. The Labute approximate surface area is 202 Å². The third-order valence-electron chi connectivity index (χ3n) is 4.27. The normalized spacial score (nSPS) is 12.8. The molecule has 0 saturated heterocycles. The number of hydrogen-bond acceptors (Lipinski definition) is 2. The maximum absolute atomic E-state index is 12.3. The molecule has 0 aliphatic carbocycles. The fourth-order valence-corrected chi connectivity index (χ4v) is 3.39. The smallest absolute Gasteiger partial charge is 0.228 e. The van der Waals surface area contributed by atoms with Crippen molar-refractivity contribution < 1.29 is 4.79 Å². The fraction of sp³-hybridized carbons (Fsp3) is 0.636. The van der Waals surface area contributed by atoms with Gasteiger partial charge in [0, 0.05) is 12.5 Å². The molecule has 0 radical (unpaired) electrons. The first-order chi connectivity index (χ1) is 14.3. The predicted octanol–water partition coefficient (Wildman–Crippen LogP) is 6.28. The number of nitrogens with one attached hydrogen (secondary N) is 3. The van der Waals surface area contributed by atoms with Crippen molar-refractivity contribution in [3.8, 4) is 0 Å². The van der Waals surface area contributed by atoms with Crippen LogP contribution in [-0.2, 0) is 11.2 Å². The summed E-state index contributed by atoms with van der Waals surface area (Å²) in [6.45, 7) is 8.29. The van der Waals surface area contributed by atoms with Crippen LogP contribution < -0.4 is 16.0 Å². The van der Waals surface area contributed by atoms with Crippen LogP contribution in [0.4, 0.5) is 0 Å². The number of amides is 1. The van der Waals surface area contributed by atoms with Crippen LogP contribution in [0.1, 0.15) is 71.8 Å². The van der Waals surface area contributed by atoms with Crippen LogP contribution in [0.5, 0.6) is 0 Å². The first-order valence-electron chi connectivity index (χ1n) is 10.7. The number of halogens is 3. The van der Waals surface area contributed by atoms with Crippen LogP contribution in [0.25, 0.3) is 0 Å². The number of unbranched alkanes of at least 4 members (excludes halogenated alkanes) is 1. The Morgan fingerprint density at radius 1 is 1.00 bits per heavy atom. The van der Waals surface area contributed by atoms with Crippen molar-refractivity contribution >= 4 is 58.0 Å². The van der Waals surface area contributed by atoms with Gasteiger partial charge < -0.3 is 16.0 Å². The van der Waals surface area contributed by atoms with Crippen molar-refractivity contribution in [2.24, 2.45) is 0 Å². The second-order valence-corrected chi connectivity index (χ2v) is 9.55. The summed E-state index contributed by atoms with van der Waals surface area (Å²) >= 11 is 23.5. The summed E-state index contributed by atoms with van der Waals surface area (Å²) < 4.78 is -1.74. The van der Waals surface area contributed by atoms with E-state index in [-0.39, 0.29) is 18.4 Å². The van der Waals surface area contributed by atoms with Gasteiger partial charge >= 0.3 is 0 Å². The minimum absolute atomic E-state index is 0.216. The van der Waals surface area contributed by atoms with E-state index in [4.69, 9.17) is 47.0 Å². The molecule has 0 aliphatic heterocycles. The van der Waals surface area contributed by atoms with E-state index in [1.54, 1.807) is 0 Å². The average Bonchev–Trinajstić information content (AvgIpc) is 2.71. The molecule has 1 aromatic rings. The van der Waals surface area contributed by atoms with Crippen molar-refractivity contribution in [3.05, 3.63) is 35.9 Å². The summed E-state index contributed by atoms with van der Waals surface area (Å²) in [4.78, 5) is 12.3. The lowest BCUT2D eigenvalue weighted by Crippen LogP contribution is -2.58. The molecule has 4 nitrogen and oxygen atoms in total. The molecular formula is C22H36Cl3N3OS. The molecule has 1 aromatic carbocycles. The molecule has 0 saturated carbocycles. The first kappa shape index (κ1) is 29.2. The van der Waals surface area contributed by atoms with E-state index in [1.807, 2.05) is 44.2 Å². The van der Waals surface area contributed by atoms with Crippen LogP contribution in [0.2, 0.25) is 0 Å². The van der Waals surface area contributed by atoms with E-state index in [2.05, 4.69) is 29.8 Å². The van der Waals surface area contributed by atoms with Crippen molar-refractivity contribution in [2.75, 3.05) is 0 Å². The number of thiocarbonyl (C=S) groups is 1. The zero-order valence-electron chi connectivity index (χ0n) is 18.4. The number of aryl methyl sites for hydroxylation is 1. The molecule has 1 amide bonds. The van der Waals surface area contributed by atoms with Gasteiger partial charge in [-0.2, -0.15) is 0 Å². The van der Waals surface area contributed by atoms with Crippen LogP contribution in [0.3, 0.4) is 0 Å². The minimum Gasteiger partial charge on any atom is -0.360 e. The molecule has 3 N–H and O–H groups in total. The predicted molar refractivity (Wildman–Crippen MR) is 135 cm³/mol. The lowest BCUT2D eigenvalue weighted by atomic mass is 10.1. The van der Waals surface area contributed by atoms with Gasteiger partial charge in [-0.05, 0) is 37.0 Å². The van der Waals surface area contributed by atoms with Gasteiger partial charge in [-0.1, -0.05) is 112 Å². The van der Waals surface area contributed by atoms with Gasteiger partial charge in [-0.15, -0.1) is 0 Å². The van der Waals surface area contributed by atoms with Crippen molar-refractivity contribution in [2.45, 2.75) is 88.6 Å². The molecule has 0 heterocycles.